The lowest BCUT2D eigenvalue weighted by molar-refractivity contribution is 0.0746. The number of para-hydroxylation sites is 1. The first kappa shape index (κ1) is 25.9. The molecule has 1 fully saturated rings. The summed E-state index contributed by atoms with van der Waals surface area (Å²) in [7, 11) is 1.65. The number of anilines is 1. The SMILES string of the molecule is COCc1nnc(SCc2ccccc2C(=O)N2CCN(c3ccccc3F)CC2)n1Cc1ccccc1. The zero-order valence-electron chi connectivity index (χ0n) is 21.3. The molecule has 0 aliphatic carbocycles. The minimum Gasteiger partial charge on any atom is -0.377 e. The number of hydrogen-bond donors (Lipinski definition) is 0. The minimum absolute atomic E-state index is 0.000193. The van der Waals surface area contributed by atoms with Gasteiger partial charge in [-0.3, -0.25) is 9.36 Å². The monoisotopic (exact) mass is 531 g/mol. The Balaban J connectivity index is 1.28. The summed E-state index contributed by atoms with van der Waals surface area (Å²) >= 11 is 1.56. The summed E-state index contributed by atoms with van der Waals surface area (Å²) < 4.78 is 21.6. The normalized spacial score (nSPS) is 13.6. The van der Waals surface area contributed by atoms with Crippen LogP contribution >= 0.6 is 11.8 Å². The van der Waals surface area contributed by atoms with E-state index in [2.05, 4.69) is 26.9 Å². The van der Waals surface area contributed by atoms with Gasteiger partial charge in [0.25, 0.3) is 5.91 Å². The van der Waals surface area contributed by atoms with Crippen LogP contribution in [0.1, 0.15) is 27.3 Å². The van der Waals surface area contributed by atoms with Crippen molar-refractivity contribution in [1.29, 1.82) is 0 Å². The van der Waals surface area contributed by atoms with Gasteiger partial charge in [-0.25, -0.2) is 4.39 Å². The first-order valence-corrected chi connectivity index (χ1v) is 13.6. The van der Waals surface area contributed by atoms with E-state index in [0.717, 1.165) is 22.1 Å². The highest BCUT2D eigenvalue weighted by atomic mass is 32.2. The molecule has 0 N–H and O–H groups in total. The molecule has 38 heavy (non-hydrogen) atoms. The first-order valence-electron chi connectivity index (χ1n) is 12.6. The highest BCUT2D eigenvalue weighted by Gasteiger charge is 2.25. The summed E-state index contributed by atoms with van der Waals surface area (Å²) in [6.45, 7) is 3.28. The fourth-order valence-corrected chi connectivity index (χ4v) is 5.57. The number of thioether (sulfide) groups is 1. The number of carbonyl (C=O) groups excluding carboxylic acids is 1. The van der Waals surface area contributed by atoms with Crippen LogP contribution in [-0.4, -0.2) is 58.9 Å². The van der Waals surface area contributed by atoms with Crippen LogP contribution < -0.4 is 4.90 Å². The van der Waals surface area contributed by atoms with Crippen molar-refractivity contribution in [3.63, 3.8) is 0 Å². The highest BCUT2D eigenvalue weighted by molar-refractivity contribution is 7.98. The van der Waals surface area contributed by atoms with E-state index in [1.54, 1.807) is 31.0 Å². The van der Waals surface area contributed by atoms with Gasteiger partial charge in [0.2, 0.25) is 0 Å². The van der Waals surface area contributed by atoms with Crippen LogP contribution in [0.15, 0.2) is 84.0 Å². The summed E-state index contributed by atoms with van der Waals surface area (Å²) in [5.41, 5.74) is 3.37. The van der Waals surface area contributed by atoms with E-state index in [-0.39, 0.29) is 11.7 Å². The molecule has 196 valence electrons. The Morgan fingerprint density at radius 3 is 2.39 bits per heavy atom. The van der Waals surface area contributed by atoms with Crippen LogP contribution in [-0.2, 0) is 23.6 Å². The lowest BCUT2D eigenvalue weighted by Gasteiger charge is -2.36. The van der Waals surface area contributed by atoms with Gasteiger partial charge in [-0.05, 0) is 29.3 Å². The lowest BCUT2D eigenvalue weighted by Crippen LogP contribution is -2.49. The number of methoxy groups -OCH3 is 1. The number of aromatic nitrogens is 3. The molecule has 1 aliphatic rings. The number of rotatable bonds is 9. The minimum atomic E-state index is -0.233. The first-order chi connectivity index (χ1) is 18.6. The average Bonchev–Trinajstić information content (AvgIpc) is 3.33. The average molecular weight is 532 g/mol. The fourth-order valence-electron chi connectivity index (χ4n) is 4.61. The molecule has 1 aromatic heterocycles. The van der Waals surface area contributed by atoms with Crippen LogP contribution in [0.2, 0.25) is 0 Å². The molecule has 3 aromatic carbocycles. The molecule has 0 saturated carbocycles. The third-order valence-electron chi connectivity index (χ3n) is 6.61. The van der Waals surface area contributed by atoms with E-state index in [4.69, 9.17) is 4.74 Å². The molecule has 2 heterocycles. The number of benzene rings is 3. The zero-order valence-corrected chi connectivity index (χ0v) is 22.1. The van der Waals surface area contributed by atoms with E-state index in [1.807, 2.05) is 58.3 Å². The molecule has 4 aromatic rings. The second-order valence-electron chi connectivity index (χ2n) is 9.08. The van der Waals surface area contributed by atoms with Crippen LogP contribution in [0.4, 0.5) is 10.1 Å². The van der Waals surface area contributed by atoms with E-state index in [1.165, 1.54) is 6.07 Å². The van der Waals surface area contributed by atoms with Crippen molar-refractivity contribution >= 4 is 23.4 Å². The van der Waals surface area contributed by atoms with Gasteiger partial charge in [0, 0.05) is 44.6 Å². The van der Waals surface area contributed by atoms with Gasteiger partial charge in [-0.1, -0.05) is 72.4 Å². The number of halogens is 1. The molecule has 1 aliphatic heterocycles. The van der Waals surface area contributed by atoms with Crippen molar-refractivity contribution in [1.82, 2.24) is 19.7 Å². The number of nitrogens with zero attached hydrogens (tertiary/aromatic N) is 5. The smallest absolute Gasteiger partial charge is 0.254 e. The van der Waals surface area contributed by atoms with Crippen molar-refractivity contribution < 1.29 is 13.9 Å². The summed E-state index contributed by atoms with van der Waals surface area (Å²) in [5, 5.41) is 9.54. The molecule has 7 nitrogen and oxygen atoms in total. The number of piperazine rings is 1. The van der Waals surface area contributed by atoms with Gasteiger partial charge in [0.1, 0.15) is 12.4 Å². The van der Waals surface area contributed by atoms with Crippen LogP contribution in [0.5, 0.6) is 0 Å². The Morgan fingerprint density at radius 2 is 1.63 bits per heavy atom. The predicted octanol–water partition coefficient (Wildman–Crippen LogP) is 4.87. The third-order valence-corrected chi connectivity index (χ3v) is 7.63. The molecule has 0 unspecified atom stereocenters. The summed E-state index contributed by atoms with van der Waals surface area (Å²) in [5.74, 6) is 1.11. The quantitative estimate of drug-likeness (QED) is 0.287. The second-order valence-corrected chi connectivity index (χ2v) is 10.0. The Labute approximate surface area is 226 Å². The molecule has 0 bridgehead atoms. The molecule has 0 atom stereocenters. The summed E-state index contributed by atoms with van der Waals surface area (Å²) in [6, 6.07) is 24.7. The Kier molecular flexibility index (Phi) is 8.35. The largest absolute Gasteiger partial charge is 0.377 e. The third kappa shape index (κ3) is 5.89. The van der Waals surface area contributed by atoms with Crippen LogP contribution in [0.25, 0.3) is 0 Å². The number of carbonyl (C=O) groups is 1. The van der Waals surface area contributed by atoms with Gasteiger partial charge in [0.15, 0.2) is 11.0 Å². The van der Waals surface area contributed by atoms with Crippen LogP contribution in [0.3, 0.4) is 0 Å². The van der Waals surface area contributed by atoms with Crippen molar-refractivity contribution in [3.8, 4) is 0 Å². The summed E-state index contributed by atoms with van der Waals surface area (Å²) in [4.78, 5) is 17.4. The standard InChI is InChI=1S/C29H30FN5O2S/c1-37-20-27-31-32-29(35(27)19-22-9-3-2-4-10-22)38-21-23-11-5-6-12-24(23)28(36)34-17-15-33(16-18-34)26-14-8-7-13-25(26)30/h2-14H,15-21H2,1H3. The Bertz CT molecular complexity index is 1370. The second kappa shape index (κ2) is 12.2. The van der Waals surface area contributed by atoms with E-state index in [0.29, 0.717) is 56.3 Å². The van der Waals surface area contributed by atoms with Gasteiger partial charge in [-0.15, -0.1) is 10.2 Å². The zero-order chi connectivity index (χ0) is 26.3. The van der Waals surface area contributed by atoms with Gasteiger partial charge in [0.05, 0.1) is 12.2 Å². The number of hydrogen-bond acceptors (Lipinski definition) is 6. The molecule has 5 rings (SSSR count). The maximum absolute atomic E-state index is 14.2. The molecule has 1 saturated heterocycles. The Morgan fingerprint density at radius 1 is 0.921 bits per heavy atom. The molecule has 0 radical (unpaired) electrons. The van der Waals surface area contributed by atoms with E-state index in [9.17, 15) is 9.18 Å². The van der Waals surface area contributed by atoms with E-state index < -0.39 is 0 Å². The van der Waals surface area contributed by atoms with Crippen LogP contribution in [0, 0.1) is 5.82 Å². The summed E-state index contributed by atoms with van der Waals surface area (Å²) in [6.07, 6.45) is 0. The maximum Gasteiger partial charge on any atom is 0.254 e. The molecular formula is C29H30FN5O2S. The fraction of sp³-hybridized carbons (Fsp3) is 0.276. The molecular weight excluding hydrogens is 501 g/mol. The topological polar surface area (TPSA) is 63.5 Å². The van der Waals surface area contributed by atoms with Crippen molar-refractivity contribution in [2.75, 3.05) is 38.2 Å². The highest BCUT2D eigenvalue weighted by Crippen LogP contribution is 2.26. The van der Waals surface area contributed by atoms with Gasteiger partial charge >= 0.3 is 0 Å². The molecule has 0 spiro atoms. The number of ether oxygens (including phenoxy) is 1. The lowest BCUT2D eigenvalue weighted by atomic mass is 10.1. The maximum atomic E-state index is 14.2. The Hall–Kier alpha value is -3.69. The van der Waals surface area contributed by atoms with Crippen molar-refractivity contribution in [2.45, 2.75) is 24.1 Å². The number of amides is 1. The van der Waals surface area contributed by atoms with E-state index >= 15 is 0 Å². The predicted molar refractivity (Wildman–Crippen MR) is 147 cm³/mol. The van der Waals surface area contributed by atoms with Crippen molar-refractivity contribution in [2.24, 2.45) is 0 Å². The van der Waals surface area contributed by atoms with Gasteiger partial charge < -0.3 is 14.5 Å². The molecule has 9 heteroatoms. The van der Waals surface area contributed by atoms with Gasteiger partial charge in [-0.2, -0.15) is 0 Å². The molecule has 1 amide bonds. The van der Waals surface area contributed by atoms with Crippen molar-refractivity contribution in [3.05, 3.63) is 107 Å².